The minimum Gasteiger partial charge on any atom is -0.490 e. The Morgan fingerprint density at radius 3 is 2.77 bits per heavy atom. The highest BCUT2D eigenvalue weighted by Gasteiger charge is 2.59. The molecule has 1 unspecified atom stereocenters. The third-order valence-electron chi connectivity index (χ3n) is 7.75. The molecule has 1 aliphatic heterocycles. The highest BCUT2D eigenvalue weighted by molar-refractivity contribution is 5.84. The number of carbonyl (C=O) groups excluding carboxylic acids is 1. The summed E-state index contributed by atoms with van der Waals surface area (Å²) in [7, 11) is 1.31. The van der Waals surface area contributed by atoms with Gasteiger partial charge in [0.1, 0.15) is 6.79 Å². The van der Waals surface area contributed by atoms with Gasteiger partial charge in [-0.05, 0) is 49.4 Å². The molecule has 0 amide bonds. The Morgan fingerprint density at radius 2 is 2.03 bits per heavy atom. The third-order valence-corrected chi connectivity index (χ3v) is 7.75. The largest absolute Gasteiger partial charge is 0.490 e. The van der Waals surface area contributed by atoms with Gasteiger partial charge in [0.15, 0.2) is 5.75 Å². The lowest BCUT2D eigenvalue weighted by Crippen LogP contribution is -2.60. The van der Waals surface area contributed by atoms with E-state index < -0.39 is 5.97 Å². The van der Waals surface area contributed by atoms with Crippen molar-refractivity contribution in [2.75, 3.05) is 27.1 Å². The van der Waals surface area contributed by atoms with Gasteiger partial charge >= 0.3 is 5.97 Å². The Balaban J connectivity index is 1.43. The van der Waals surface area contributed by atoms with Crippen LogP contribution in [0.5, 0.6) is 5.75 Å². The van der Waals surface area contributed by atoms with Crippen LogP contribution in [0, 0.1) is 22.7 Å². The number of hydrogen-bond acceptors (Lipinski definition) is 7. The fourth-order valence-electron chi connectivity index (χ4n) is 6.25. The predicted molar refractivity (Wildman–Crippen MR) is 110 cm³/mol. The maximum Gasteiger partial charge on any atom is 0.376 e. The number of aromatic nitrogens is 2. The summed E-state index contributed by atoms with van der Waals surface area (Å²) in [5.41, 5.74) is 1.55. The third kappa shape index (κ3) is 3.62. The van der Waals surface area contributed by atoms with E-state index in [4.69, 9.17) is 14.2 Å². The summed E-state index contributed by atoms with van der Waals surface area (Å²) in [5, 5.41) is 0. The molecular weight excluding hydrogens is 384 g/mol. The number of allylic oxidation sites excluding steroid dienone is 1. The molecule has 0 radical (unpaired) electrons. The average molecular weight is 417 g/mol. The first-order valence-corrected chi connectivity index (χ1v) is 10.8. The zero-order valence-electron chi connectivity index (χ0n) is 18.2. The second-order valence-corrected chi connectivity index (χ2v) is 9.35. The first kappa shape index (κ1) is 21.2. The van der Waals surface area contributed by atoms with Gasteiger partial charge in [-0.1, -0.05) is 26.0 Å². The molecule has 3 aliphatic rings. The van der Waals surface area contributed by atoms with Gasteiger partial charge < -0.3 is 18.9 Å². The van der Waals surface area contributed by atoms with Gasteiger partial charge in [-0.15, -0.1) is 0 Å². The van der Waals surface area contributed by atoms with E-state index >= 15 is 0 Å². The summed E-state index contributed by atoms with van der Waals surface area (Å²) in [6.07, 6.45) is 8.62. The average Bonchev–Trinajstić information content (AvgIpc) is 2.75. The number of methoxy groups -OCH3 is 1. The van der Waals surface area contributed by atoms with Crippen LogP contribution in [0.1, 0.15) is 56.6 Å². The second-order valence-electron chi connectivity index (χ2n) is 9.35. The van der Waals surface area contributed by atoms with Crippen LogP contribution in [0.15, 0.2) is 24.5 Å². The molecule has 7 heteroatoms. The Hall–Kier alpha value is -1.99. The molecule has 0 aromatic carbocycles. The molecule has 1 aromatic heterocycles. The summed E-state index contributed by atoms with van der Waals surface area (Å²) >= 11 is 0. The van der Waals surface area contributed by atoms with Crippen molar-refractivity contribution >= 4 is 5.97 Å². The van der Waals surface area contributed by atoms with Gasteiger partial charge in [-0.25, -0.2) is 14.8 Å². The van der Waals surface area contributed by atoms with Crippen LogP contribution >= 0.6 is 0 Å². The highest BCUT2D eigenvalue weighted by atomic mass is 16.7. The van der Waals surface area contributed by atoms with Crippen molar-refractivity contribution in [3.05, 3.63) is 30.4 Å². The van der Waals surface area contributed by atoms with E-state index in [9.17, 15) is 4.79 Å². The Morgan fingerprint density at radius 1 is 1.27 bits per heavy atom. The molecule has 1 aromatic rings. The van der Waals surface area contributed by atoms with Crippen molar-refractivity contribution in [1.82, 2.24) is 9.97 Å². The zero-order chi connectivity index (χ0) is 21.4. The fraction of sp³-hybridized carbons (Fsp3) is 0.696. The van der Waals surface area contributed by atoms with E-state index in [1.54, 1.807) is 0 Å². The molecule has 2 saturated carbocycles. The van der Waals surface area contributed by atoms with Crippen LogP contribution in [-0.4, -0.2) is 49.2 Å². The summed E-state index contributed by atoms with van der Waals surface area (Å²) < 4.78 is 22.3. The number of hydrogen-bond donors (Lipinski definition) is 0. The molecule has 0 N–H and O–H groups in total. The van der Waals surface area contributed by atoms with E-state index in [0.29, 0.717) is 31.0 Å². The Kier molecular flexibility index (Phi) is 5.86. The first-order chi connectivity index (χ1) is 14.4. The minimum atomic E-state index is -0.557. The molecule has 0 spiro atoms. The van der Waals surface area contributed by atoms with Crippen LogP contribution < -0.4 is 4.74 Å². The lowest BCUT2D eigenvalue weighted by molar-refractivity contribution is -0.260. The number of esters is 1. The molecule has 2 aliphatic carbocycles. The smallest absolute Gasteiger partial charge is 0.376 e. The number of nitrogens with zero attached hydrogens (tertiary/aromatic N) is 2. The maximum atomic E-state index is 11.5. The quantitative estimate of drug-likeness (QED) is 0.534. The van der Waals surface area contributed by atoms with Crippen LogP contribution in [0.2, 0.25) is 0 Å². The lowest BCUT2D eigenvalue weighted by Gasteiger charge is -2.62. The lowest BCUT2D eigenvalue weighted by atomic mass is 9.46. The van der Waals surface area contributed by atoms with Gasteiger partial charge in [0.05, 0.1) is 38.8 Å². The van der Waals surface area contributed by atoms with Crippen molar-refractivity contribution in [2.45, 2.75) is 52.1 Å². The number of ether oxygens (including phenoxy) is 4. The molecule has 2 heterocycles. The maximum absolute atomic E-state index is 11.5. The van der Waals surface area contributed by atoms with Crippen LogP contribution in [0.25, 0.3) is 0 Å². The number of carbonyl (C=O) groups is 1. The summed E-state index contributed by atoms with van der Waals surface area (Å²) in [5.74, 6) is 0.963. The predicted octanol–water partition coefficient (Wildman–Crippen LogP) is 3.79. The van der Waals surface area contributed by atoms with Gasteiger partial charge in [-0.3, -0.25) is 0 Å². The first-order valence-electron chi connectivity index (χ1n) is 10.8. The molecule has 164 valence electrons. The molecule has 5 atom stereocenters. The highest BCUT2D eigenvalue weighted by Crippen LogP contribution is 2.62. The Labute approximate surface area is 178 Å². The SMILES string of the molecule is C=C1CCC2[C@]3(C)COCO[C@@H]3CC[C@@]2(C)[C@@H]1CCOc1cnc(C(=O)OC)nc1. The topological polar surface area (TPSA) is 79.8 Å². The minimum absolute atomic E-state index is 0.0304. The second kappa shape index (κ2) is 8.27. The van der Waals surface area contributed by atoms with E-state index in [0.717, 1.165) is 38.7 Å². The van der Waals surface area contributed by atoms with E-state index in [-0.39, 0.29) is 22.8 Å². The number of fused-ring (bicyclic) bond motifs is 3. The Bertz CT molecular complexity index is 797. The van der Waals surface area contributed by atoms with Crippen molar-refractivity contribution in [3.8, 4) is 5.75 Å². The molecule has 1 saturated heterocycles. The van der Waals surface area contributed by atoms with Crippen molar-refractivity contribution in [1.29, 1.82) is 0 Å². The monoisotopic (exact) mass is 416 g/mol. The van der Waals surface area contributed by atoms with E-state index in [1.165, 1.54) is 25.1 Å². The summed E-state index contributed by atoms with van der Waals surface area (Å²) in [6, 6.07) is 0. The number of rotatable bonds is 5. The van der Waals surface area contributed by atoms with Crippen molar-refractivity contribution < 1.29 is 23.7 Å². The molecule has 7 nitrogen and oxygen atoms in total. The zero-order valence-corrected chi connectivity index (χ0v) is 18.2. The van der Waals surface area contributed by atoms with Crippen LogP contribution in [-0.2, 0) is 14.2 Å². The normalized spacial score (nSPS) is 35.8. The van der Waals surface area contributed by atoms with Gasteiger partial charge in [0.25, 0.3) is 0 Å². The molecule has 3 fully saturated rings. The van der Waals surface area contributed by atoms with Crippen molar-refractivity contribution in [3.63, 3.8) is 0 Å². The van der Waals surface area contributed by atoms with Gasteiger partial charge in [0.2, 0.25) is 5.82 Å². The van der Waals surface area contributed by atoms with Crippen molar-refractivity contribution in [2.24, 2.45) is 22.7 Å². The van der Waals surface area contributed by atoms with Gasteiger partial charge in [0, 0.05) is 5.41 Å². The summed E-state index contributed by atoms with van der Waals surface area (Å²) in [4.78, 5) is 19.5. The summed E-state index contributed by atoms with van der Waals surface area (Å²) in [6.45, 7) is 11.0. The van der Waals surface area contributed by atoms with Gasteiger partial charge in [-0.2, -0.15) is 0 Å². The fourth-order valence-corrected chi connectivity index (χ4v) is 6.25. The van der Waals surface area contributed by atoms with Crippen LogP contribution in [0.4, 0.5) is 0 Å². The molecule has 0 bridgehead atoms. The molecule has 30 heavy (non-hydrogen) atoms. The van der Waals surface area contributed by atoms with E-state index in [1.807, 2.05) is 0 Å². The van der Waals surface area contributed by atoms with Crippen LogP contribution in [0.3, 0.4) is 0 Å². The standard InChI is InChI=1S/C23H32N2O5/c1-15-5-6-18-22(2,9-7-19-23(18,3)13-28-14-30-19)17(15)8-10-29-16-11-24-20(25-12-16)21(26)27-4/h11-12,17-19H,1,5-10,13-14H2,2-4H3/t17-,18?,19-,22+,23+/m1/s1. The molecule has 4 rings (SSSR count). The van der Waals surface area contributed by atoms with E-state index in [2.05, 4.69) is 35.1 Å². The molecular formula is C23H32N2O5.